The SMILES string of the molecule is O=C(Nc1cc2cc(Cl)ccc2oc1=O)c1cccnc1Cl. The molecule has 22 heavy (non-hydrogen) atoms. The summed E-state index contributed by atoms with van der Waals surface area (Å²) < 4.78 is 5.14. The highest BCUT2D eigenvalue weighted by Crippen LogP contribution is 2.21. The zero-order valence-electron chi connectivity index (χ0n) is 11.0. The molecule has 3 rings (SSSR count). The van der Waals surface area contributed by atoms with Crippen molar-refractivity contribution in [1.29, 1.82) is 0 Å². The Morgan fingerprint density at radius 1 is 1.18 bits per heavy atom. The number of halogens is 2. The van der Waals surface area contributed by atoms with Crippen molar-refractivity contribution in [2.24, 2.45) is 0 Å². The van der Waals surface area contributed by atoms with Gasteiger partial charge in [0.25, 0.3) is 5.91 Å². The van der Waals surface area contributed by atoms with Crippen molar-refractivity contribution in [3.8, 4) is 0 Å². The van der Waals surface area contributed by atoms with Gasteiger partial charge in [-0.05, 0) is 36.4 Å². The Morgan fingerprint density at radius 3 is 2.77 bits per heavy atom. The Kier molecular flexibility index (Phi) is 3.83. The number of hydrogen-bond donors (Lipinski definition) is 1. The summed E-state index contributed by atoms with van der Waals surface area (Å²) in [6, 6.07) is 9.40. The number of pyridine rings is 1. The number of hydrogen-bond acceptors (Lipinski definition) is 4. The number of rotatable bonds is 2. The lowest BCUT2D eigenvalue weighted by Gasteiger charge is -2.06. The first kappa shape index (κ1) is 14.6. The summed E-state index contributed by atoms with van der Waals surface area (Å²) >= 11 is 11.8. The van der Waals surface area contributed by atoms with E-state index in [1.54, 1.807) is 24.3 Å². The molecule has 0 spiro atoms. The standard InChI is InChI=1S/C15H8Cl2N2O3/c16-9-3-4-12-8(6-9)7-11(15(21)22-12)19-14(20)10-2-1-5-18-13(10)17/h1-7H,(H,19,20). The largest absolute Gasteiger partial charge is 0.421 e. The van der Waals surface area contributed by atoms with E-state index in [-0.39, 0.29) is 16.4 Å². The lowest BCUT2D eigenvalue weighted by Crippen LogP contribution is -2.18. The number of aromatic nitrogens is 1. The van der Waals surface area contributed by atoms with Gasteiger partial charge in [0.05, 0.1) is 5.56 Å². The molecule has 3 aromatic rings. The van der Waals surface area contributed by atoms with Crippen LogP contribution in [-0.2, 0) is 0 Å². The number of fused-ring (bicyclic) bond motifs is 1. The molecule has 0 aliphatic carbocycles. The molecule has 5 nitrogen and oxygen atoms in total. The third-order valence-corrected chi connectivity index (χ3v) is 3.48. The van der Waals surface area contributed by atoms with Gasteiger partial charge in [0.2, 0.25) is 0 Å². The van der Waals surface area contributed by atoms with Crippen LogP contribution in [0.4, 0.5) is 5.69 Å². The number of carbonyl (C=O) groups is 1. The summed E-state index contributed by atoms with van der Waals surface area (Å²) in [4.78, 5) is 27.9. The molecule has 7 heteroatoms. The first-order valence-corrected chi connectivity index (χ1v) is 6.95. The van der Waals surface area contributed by atoms with Gasteiger partial charge in [0, 0.05) is 16.6 Å². The van der Waals surface area contributed by atoms with Gasteiger partial charge in [0.15, 0.2) is 0 Å². The van der Waals surface area contributed by atoms with Crippen molar-refractivity contribution < 1.29 is 9.21 Å². The van der Waals surface area contributed by atoms with E-state index in [1.165, 1.54) is 18.3 Å². The fourth-order valence-electron chi connectivity index (χ4n) is 1.93. The lowest BCUT2D eigenvalue weighted by molar-refractivity contribution is 0.102. The van der Waals surface area contributed by atoms with Gasteiger partial charge in [-0.2, -0.15) is 0 Å². The van der Waals surface area contributed by atoms with Crippen LogP contribution < -0.4 is 10.9 Å². The Balaban J connectivity index is 2.00. The van der Waals surface area contributed by atoms with E-state index in [1.807, 2.05) is 0 Å². The van der Waals surface area contributed by atoms with Crippen LogP contribution in [0.5, 0.6) is 0 Å². The van der Waals surface area contributed by atoms with E-state index < -0.39 is 11.5 Å². The quantitative estimate of drug-likeness (QED) is 0.572. The van der Waals surface area contributed by atoms with Crippen LogP contribution in [0.3, 0.4) is 0 Å². The Bertz CT molecular complexity index is 937. The molecule has 0 saturated heterocycles. The Labute approximate surface area is 134 Å². The molecule has 0 radical (unpaired) electrons. The van der Waals surface area contributed by atoms with Gasteiger partial charge in [-0.3, -0.25) is 4.79 Å². The maximum atomic E-state index is 12.1. The maximum absolute atomic E-state index is 12.1. The third kappa shape index (κ3) is 2.81. The van der Waals surface area contributed by atoms with Crippen molar-refractivity contribution in [2.75, 3.05) is 5.32 Å². The highest BCUT2D eigenvalue weighted by molar-refractivity contribution is 6.33. The van der Waals surface area contributed by atoms with Gasteiger partial charge in [-0.25, -0.2) is 9.78 Å². The average molecular weight is 335 g/mol. The van der Waals surface area contributed by atoms with Crippen molar-refractivity contribution in [3.63, 3.8) is 0 Å². The van der Waals surface area contributed by atoms with Crippen LogP contribution in [0, 0.1) is 0 Å². The van der Waals surface area contributed by atoms with Crippen LogP contribution in [0.2, 0.25) is 10.2 Å². The minimum atomic E-state index is -0.664. The summed E-state index contributed by atoms with van der Waals surface area (Å²) in [7, 11) is 0. The minimum absolute atomic E-state index is 0.000290. The van der Waals surface area contributed by atoms with Crippen molar-refractivity contribution in [3.05, 3.63) is 68.8 Å². The zero-order valence-corrected chi connectivity index (χ0v) is 12.5. The number of benzene rings is 1. The number of amides is 1. The smallest absolute Gasteiger partial charge is 0.360 e. The van der Waals surface area contributed by atoms with Crippen LogP contribution in [0.15, 0.2) is 51.8 Å². The molecule has 0 unspecified atom stereocenters. The molecule has 0 atom stereocenters. The fourth-order valence-corrected chi connectivity index (χ4v) is 2.31. The van der Waals surface area contributed by atoms with Gasteiger partial charge < -0.3 is 9.73 Å². The first-order chi connectivity index (χ1) is 10.5. The molecule has 2 heterocycles. The molecule has 1 aromatic carbocycles. The second-order valence-electron chi connectivity index (χ2n) is 4.43. The summed E-state index contributed by atoms with van der Waals surface area (Å²) in [5, 5.41) is 3.61. The monoisotopic (exact) mass is 334 g/mol. The second kappa shape index (κ2) is 5.79. The number of nitrogens with zero attached hydrogens (tertiary/aromatic N) is 1. The van der Waals surface area contributed by atoms with E-state index in [9.17, 15) is 9.59 Å². The molecule has 1 N–H and O–H groups in total. The predicted octanol–water partition coefficient (Wildman–Crippen LogP) is 3.75. The summed E-state index contributed by atoms with van der Waals surface area (Å²) in [6.07, 6.45) is 1.46. The second-order valence-corrected chi connectivity index (χ2v) is 5.22. The third-order valence-electron chi connectivity index (χ3n) is 2.95. The topological polar surface area (TPSA) is 72.2 Å². The highest BCUT2D eigenvalue weighted by Gasteiger charge is 2.14. The van der Waals surface area contributed by atoms with Gasteiger partial charge >= 0.3 is 5.63 Å². The normalized spacial score (nSPS) is 10.6. The van der Waals surface area contributed by atoms with Crippen molar-refractivity contribution in [1.82, 2.24) is 4.98 Å². The van der Waals surface area contributed by atoms with E-state index in [0.717, 1.165) is 0 Å². The van der Waals surface area contributed by atoms with Gasteiger partial charge in [-0.15, -0.1) is 0 Å². The predicted molar refractivity (Wildman–Crippen MR) is 84.7 cm³/mol. The van der Waals surface area contributed by atoms with Crippen LogP contribution in [0.1, 0.15) is 10.4 Å². The molecule has 110 valence electrons. The van der Waals surface area contributed by atoms with E-state index in [0.29, 0.717) is 16.0 Å². The fraction of sp³-hybridized carbons (Fsp3) is 0. The Morgan fingerprint density at radius 2 is 2.00 bits per heavy atom. The first-order valence-electron chi connectivity index (χ1n) is 6.20. The summed E-state index contributed by atoms with van der Waals surface area (Å²) in [5.74, 6) is -0.549. The average Bonchev–Trinajstić information content (AvgIpc) is 2.49. The van der Waals surface area contributed by atoms with Gasteiger partial charge in [0.1, 0.15) is 16.4 Å². The number of nitrogens with one attached hydrogen (secondary N) is 1. The van der Waals surface area contributed by atoms with Crippen molar-refractivity contribution >= 4 is 45.8 Å². The molecule has 1 amide bonds. The maximum Gasteiger partial charge on any atom is 0.360 e. The minimum Gasteiger partial charge on any atom is -0.421 e. The molecule has 2 aromatic heterocycles. The number of carbonyl (C=O) groups excluding carboxylic acids is 1. The van der Waals surface area contributed by atoms with Crippen LogP contribution >= 0.6 is 23.2 Å². The highest BCUT2D eigenvalue weighted by atomic mass is 35.5. The molecule has 0 bridgehead atoms. The molecule has 0 aliphatic heterocycles. The van der Waals surface area contributed by atoms with E-state index >= 15 is 0 Å². The Hall–Kier alpha value is -2.37. The molecule has 0 fully saturated rings. The molecule has 0 aliphatic rings. The van der Waals surface area contributed by atoms with E-state index in [2.05, 4.69) is 10.3 Å². The summed E-state index contributed by atoms with van der Waals surface area (Å²) in [6.45, 7) is 0. The lowest BCUT2D eigenvalue weighted by atomic mass is 10.2. The summed E-state index contributed by atoms with van der Waals surface area (Å²) in [5.41, 5.74) is -0.121. The number of anilines is 1. The molecule has 0 saturated carbocycles. The van der Waals surface area contributed by atoms with Crippen LogP contribution in [0.25, 0.3) is 11.0 Å². The zero-order chi connectivity index (χ0) is 15.7. The van der Waals surface area contributed by atoms with E-state index in [4.69, 9.17) is 27.6 Å². The van der Waals surface area contributed by atoms with Crippen LogP contribution in [-0.4, -0.2) is 10.9 Å². The molecular formula is C15H8Cl2N2O3. The van der Waals surface area contributed by atoms with Crippen molar-refractivity contribution in [2.45, 2.75) is 0 Å². The van der Waals surface area contributed by atoms with Gasteiger partial charge in [-0.1, -0.05) is 23.2 Å². The molecular weight excluding hydrogens is 327 g/mol.